The molecule has 1 aliphatic rings. The molecule has 1 amide bonds. The predicted octanol–water partition coefficient (Wildman–Crippen LogP) is 2.41. The second-order valence-corrected chi connectivity index (χ2v) is 5.36. The second kappa shape index (κ2) is 6.47. The van der Waals surface area contributed by atoms with E-state index in [-0.39, 0.29) is 13.1 Å². The highest BCUT2D eigenvalue weighted by Crippen LogP contribution is 2.36. The van der Waals surface area contributed by atoms with E-state index < -0.39 is 41.4 Å². The lowest BCUT2D eigenvalue weighted by Crippen LogP contribution is -2.39. The highest BCUT2D eigenvalue weighted by atomic mass is 19.4. The molecule has 0 unspecified atom stereocenters. The van der Waals surface area contributed by atoms with Crippen molar-refractivity contribution in [2.45, 2.75) is 25.6 Å². The van der Waals surface area contributed by atoms with Gasteiger partial charge < -0.3 is 14.7 Å². The number of nitrogens with zero attached hydrogens (tertiary/aromatic N) is 1. The zero-order valence-electron chi connectivity index (χ0n) is 12.3. The summed E-state index contributed by atoms with van der Waals surface area (Å²) < 4.78 is 43.9. The van der Waals surface area contributed by atoms with Gasteiger partial charge in [-0.2, -0.15) is 13.2 Å². The van der Waals surface area contributed by atoms with E-state index in [2.05, 4.69) is 0 Å². The molecule has 23 heavy (non-hydrogen) atoms. The van der Waals surface area contributed by atoms with Crippen LogP contribution < -0.4 is 4.74 Å². The minimum atomic E-state index is -4.58. The van der Waals surface area contributed by atoms with Crippen molar-refractivity contribution < 1.29 is 32.6 Å². The van der Waals surface area contributed by atoms with Crippen molar-refractivity contribution in [1.82, 2.24) is 4.90 Å². The van der Waals surface area contributed by atoms with Crippen molar-refractivity contribution in [3.8, 4) is 5.75 Å². The Labute approximate surface area is 130 Å². The molecule has 0 spiro atoms. The van der Waals surface area contributed by atoms with E-state index >= 15 is 0 Å². The number of aliphatic carboxylic acids is 1. The number of hydrogen-bond acceptors (Lipinski definition) is 3. The quantitative estimate of drug-likeness (QED) is 0.920. The molecule has 1 heterocycles. The van der Waals surface area contributed by atoms with Gasteiger partial charge in [-0.05, 0) is 25.5 Å². The molecule has 5 nitrogen and oxygen atoms in total. The van der Waals surface area contributed by atoms with Crippen molar-refractivity contribution >= 4 is 11.9 Å². The summed E-state index contributed by atoms with van der Waals surface area (Å²) in [5.74, 6) is -2.58. The Kier molecular flexibility index (Phi) is 4.82. The second-order valence-electron chi connectivity index (χ2n) is 5.36. The summed E-state index contributed by atoms with van der Waals surface area (Å²) in [5.41, 5.74) is -0.954. The van der Waals surface area contributed by atoms with Crippen LogP contribution in [0.3, 0.4) is 0 Å². The molecule has 2 rings (SSSR count). The maximum absolute atomic E-state index is 12.9. The third-order valence-electron chi connectivity index (χ3n) is 3.69. The normalized spacial score (nSPS) is 19.5. The molecule has 0 saturated carbocycles. The average Bonchev–Trinajstić information content (AvgIpc) is 2.95. The van der Waals surface area contributed by atoms with Gasteiger partial charge in [0.25, 0.3) is 5.91 Å². The summed E-state index contributed by atoms with van der Waals surface area (Å²) in [6, 6.07) is 4.65. The van der Waals surface area contributed by atoms with Crippen LogP contribution in [0.4, 0.5) is 13.2 Å². The molecule has 8 heteroatoms. The molecule has 0 aliphatic carbocycles. The number of para-hydroxylation sites is 1. The molecule has 1 saturated heterocycles. The molecule has 1 N–H and O–H groups in total. The van der Waals surface area contributed by atoms with Crippen LogP contribution in [-0.4, -0.2) is 41.1 Å². The maximum Gasteiger partial charge on any atom is 0.419 e. The summed E-state index contributed by atoms with van der Waals surface area (Å²) in [6.45, 7) is 1.65. The first kappa shape index (κ1) is 17.1. The van der Waals surface area contributed by atoms with Gasteiger partial charge in [-0.1, -0.05) is 12.1 Å². The minimum absolute atomic E-state index is 0.0444. The number of amides is 1. The smallest absolute Gasteiger partial charge is 0.419 e. The van der Waals surface area contributed by atoms with Crippen LogP contribution in [0.25, 0.3) is 0 Å². The minimum Gasteiger partial charge on any atom is -0.481 e. The molecule has 1 aliphatic heterocycles. The van der Waals surface area contributed by atoms with Gasteiger partial charge in [-0.25, -0.2) is 0 Å². The first-order chi connectivity index (χ1) is 10.7. The third kappa shape index (κ3) is 3.94. The Morgan fingerprint density at radius 3 is 2.57 bits per heavy atom. The SMILES string of the molecule is C[C@@H](Oc1ccccc1C(F)(F)F)C(=O)N1CC[C@H](C(=O)O)C1. The van der Waals surface area contributed by atoms with E-state index in [0.29, 0.717) is 6.42 Å². The van der Waals surface area contributed by atoms with E-state index in [1.165, 1.54) is 24.0 Å². The van der Waals surface area contributed by atoms with Gasteiger partial charge in [-0.3, -0.25) is 9.59 Å². The molecular weight excluding hydrogens is 315 g/mol. The van der Waals surface area contributed by atoms with Gasteiger partial charge in [0, 0.05) is 13.1 Å². The van der Waals surface area contributed by atoms with Crippen LogP contribution >= 0.6 is 0 Å². The number of carboxylic acids is 1. The molecule has 0 bridgehead atoms. The number of likely N-dealkylation sites (tertiary alicyclic amines) is 1. The van der Waals surface area contributed by atoms with Crippen molar-refractivity contribution in [2.75, 3.05) is 13.1 Å². The number of hydrogen-bond donors (Lipinski definition) is 1. The Bertz CT molecular complexity index is 603. The van der Waals surface area contributed by atoms with Crippen LogP contribution in [0, 0.1) is 5.92 Å². The van der Waals surface area contributed by atoms with Crippen LogP contribution in [0.1, 0.15) is 18.9 Å². The summed E-state index contributed by atoms with van der Waals surface area (Å²) in [5, 5.41) is 8.92. The lowest BCUT2D eigenvalue weighted by molar-refractivity contribution is -0.144. The molecule has 1 aromatic carbocycles. The van der Waals surface area contributed by atoms with Gasteiger partial charge in [0.1, 0.15) is 5.75 Å². The molecule has 126 valence electrons. The number of carbonyl (C=O) groups is 2. The third-order valence-corrected chi connectivity index (χ3v) is 3.69. The van der Waals surface area contributed by atoms with Crippen molar-refractivity contribution in [1.29, 1.82) is 0 Å². The van der Waals surface area contributed by atoms with Crippen molar-refractivity contribution in [3.63, 3.8) is 0 Å². The number of halogens is 3. The van der Waals surface area contributed by atoms with E-state index in [0.717, 1.165) is 12.1 Å². The standard InChI is InChI=1S/C15H16F3NO4/c1-9(13(20)19-7-6-10(8-19)14(21)22)23-12-5-3-2-4-11(12)15(16,17)18/h2-5,9-10H,6-8H2,1H3,(H,21,22)/t9-,10+/m1/s1. The van der Waals surface area contributed by atoms with Gasteiger partial charge >= 0.3 is 12.1 Å². The Morgan fingerprint density at radius 1 is 1.35 bits per heavy atom. The van der Waals surface area contributed by atoms with Crippen LogP contribution in [-0.2, 0) is 15.8 Å². The average molecular weight is 331 g/mol. The molecule has 0 aromatic heterocycles. The summed E-state index contributed by atoms with van der Waals surface area (Å²) >= 11 is 0. The fourth-order valence-corrected chi connectivity index (χ4v) is 2.46. The first-order valence-electron chi connectivity index (χ1n) is 7.04. The topological polar surface area (TPSA) is 66.8 Å². The first-order valence-corrected chi connectivity index (χ1v) is 7.04. The molecule has 0 radical (unpaired) electrons. The molecule has 1 aromatic rings. The molecular formula is C15H16F3NO4. The largest absolute Gasteiger partial charge is 0.481 e. The van der Waals surface area contributed by atoms with E-state index in [1.807, 2.05) is 0 Å². The molecule has 1 fully saturated rings. The van der Waals surface area contributed by atoms with E-state index in [9.17, 15) is 22.8 Å². The summed E-state index contributed by atoms with van der Waals surface area (Å²) in [6.07, 6.45) is -5.39. The predicted molar refractivity (Wildman–Crippen MR) is 73.9 cm³/mol. The van der Waals surface area contributed by atoms with Gasteiger partial charge in [0.2, 0.25) is 0 Å². The molecule has 2 atom stereocenters. The zero-order valence-corrected chi connectivity index (χ0v) is 12.3. The fourth-order valence-electron chi connectivity index (χ4n) is 2.46. The Hall–Kier alpha value is -2.25. The van der Waals surface area contributed by atoms with E-state index in [1.54, 1.807) is 0 Å². The van der Waals surface area contributed by atoms with Crippen molar-refractivity contribution in [2.24, 2.45) is 5.92 Å². The fraction of sp³-hybridized carbons (Fsp3) is 0.467. The number of benzene rings is 1. The Balaban J connectivity index is 2.07. The lowest BCUT2D eigenvalue weighted by atomic mass is 10.1. The number of carbonyl (C=O) groups excluding carboxylic acids is 1. The van der Waals surface area contributed by atoms with Crippen LogP contribution in [0.2, 0.25) is 0 Å². The number of ether oxygens (including phenoxy) is 1. The van der Waals surface area contributed by atoms with Crippen LogP contribution in [0.15, 0.2) is 24.3 Å². The number of rotatable bonds is 4. The van der Waals surface area contributed by atoms with E-state index in [4.69, 9.17) is 9.84 Å². The summed E-state index contributed by atoms with van der Waals surface area (Å²) in [4.78, 5) is 24.4. The lowest BCUT2D eigenvalue weighted by Gasteiger charge is -2.23. The number of alkyl halides is 3. The monoisotopic (exact) mass is 331 g/mol. The maximum atomic E-state index is 12.9. The van der Waals surface area contributed by atoms with Crippen LogP contribution in [0.5, 0.6) is 5.75 Å². The van der Waals surface area contributed by atoms with Crippen molar-refractivity contribution in [3.05, 3.63) is 29.8 Å². The zero-order chi connectivity index (χ0) is 17.2. The van der Waals surface area contributed by atoms with Gasteiger partial charge in [-0.15, -0.1) is 0 Å². The van der Waals surface area contributed by atoms with Gasteiger partial charge in [0.05, 0.1) is 11.5 Å². The van der Waals surface area contributed by atoms with Gasteiger partial charge in [0.15, 0.2) is 6.10 Å². The highest BCUT2D eigenvalue weighted by molar-refractivity contribution is 5.82. The Morgan fingerprint density at radius 2 is 2.00 bits per heavy atom. The summed E-state index contributed by atoms with van der Waals surface area (Å²) in [7, 11) is 0. The highest BCUT2D eigenvalue weighted by Gasteiger charge is 2.36. The number of carboxylic acid groups (broad SMARTS) is 1.